The van der Waals surface area contributed by atoms with Crippen molar-refractivity contribution in [1.29, 1.82) is 5.26 Å². The molecule has 0 bridgehead atoms. The number of hydrogen-bond donors (Lipinski definition) is 1. The van der Waals surface area contributed by atoms with Crippen molar-refractivity contribution < 1.29 is 22.8 Å². The molecule has 0 unspecified atom stereocenters. The van der Waals surface area contributed by atoms with Gasteiger partial charge in [-0.05, 0) is 24.1 Å². The van der Waals surface area contributed by atoms with Crippen LogP contribution in [0.25, 0.3) is 0 Å². The van der Waals surface area contributed by atoms with Crippen LogP contribution in [0.3, 0.4) is 0 Å². The molecule has 2 rings (SSSR count). The summed E-state index contributed by atoms with van der Waals surface area (Å²) in [6, 6.07) is 4.02. The van der Waals surface area contributed by atoms with Crippen LogP contribution in [0.15, 0.2) is 18.2 Å². The molecule has 23 heavy (non-hydrogen) atoms. The number of rotatable bonds is 2. The Morgan fingerprint density at radius 3 is 2.48 bits per heavy atom. The molecular formula is C15H14F3N3O2. The van der Waals surface area contributed by atoms with E-state index in [9.17, 15) is 22.8 Å². The van der Waals surface area contributed by atoms with Crippen LogP contribution in [0, 0.1) is 23.2 Å². The lowest BCUT2D eigenvalue weighted by Gasteiger charge is -2.17. The molecule has 1 aromatic rings. The largest absolute Gasteiger partial charge is 0.416 e. The van der Waals surface area contributed by atoms with E-state index in [0.717, 1.165) is 12.1 Å². The second kappa shape index (κ2) is 5.91. The molecule has 8 heteroatoms. The van der Waals surface area contributed by atoms with E-state index in [4.69, 9.17) is 11.0 Å². The summed E-state index contributed by atoms with van der Waals surface area (Å²) >= 11 is 0. The van der Waals surface area contributed by atoms with Crippen molar-refractivity contribution in [2.45, 2.75) is 13.1 Å². The van der Waals surface area contributed by atoms with Gasteiger partial charge in [0, 0.05) is 13.1 Å². The van der Waals surface area contributed by atoms with Gasteiger partial charge in [0.1, 0.15) is 0 Å². The smallest absolute Gasteiger partial charge is 0.369 e. The Morgan fingerprint density at radius 1 is 1.35 bits per heavy atom. The van der Waals surface area contributed by atoms with Crippen LogP contribution in [0.4, 0.5) is 13.2 Å². The molecule has 2 atom stereocenters. The van der Waals surface area contributed by atoms with Gasteiger partial charge in [-0.3, -0.25) is 9.59 Å². The number of carbonyl (C=O) groups is 2. The van der Waals surface area contributed by atoms with Crippen molar-refractivity contribution in [2.24, 2.45) is 17.6 Å². The van der Waals surface area contributed by atoms with E-state index in [1.807, 2.05) is 0 Å². The van der Waals surface area contributed by atoms with Crippen molar-refractivity contribution >= 4 is 11.8 Å². The molecule has 1 fully saturated rings. The molecule has 122 valence electrons. The van der Waals surface area contributed by atoms with E-state index in [1.54, 1.807) is 13.0 Å². The third-order valence-electron chi connectivity index (χ3n) is 3.96. The Bertz CT molecular complexity index is 694. The highest BCUT2D eigenvalue weighted by atomic mass is 19.4. The summed E-state index contributed by atoms with van der Waals surface area (Å²) in [4.78, 5) is 25.1. The number of alkyl halides is 3. The summed E-state index contributed by atoms with van der Waals surface area (Å²) in [5.74, 6) is -1.75. The van der Waals surface area contributed by atoms with Crippen LogP contribution in [-0.4, -0.2) is 29.8 Å². The highest BCUT2D eigenvalue weighted by Gasteiger charge is 2.37. The van der Waals surface area contributed by atoms with Gasteiger partial charge in [0.05, 0.1) is 28.7 Å². The zero-order chi connectivity index (χ0) is 17.4. The summed E-state index contributed by atoms with van der Waals surface area (Å²) in [5.41, 5.74) is 3.81. The average molecular weight is 325 g/mol. The molecule has 2 N–H and O–H groups in total. The zero-order valence-electron chi connectivity index (χ0n) is 12.2. The summed E-state index contributed by atoms with van der Waals surface area (Å²) in [6.45, 7) is 2.13. The average Bonchev–Trinajstić information content (AvgIpc) is 2.87. The second-order valence-corrected chi connectivity index (χ2v) is 5.57. The number of hydrogen-bond acceptors (Lipinski definition) is 3. The number of carbonyl (C=O) groups excluding carboxylic acids is 2. The van der Waals surface area contributed by atoms with E-state index < -0.39 is 29.5 Å². The van der Waals surface area contributed by atoms with Crippen LogP contribution in [0.1, 0.15) is 28.4 Å². The topological polar surface area (TPSA) is 87.2 Å². The Hall–Kier alpha value is -2.56. The SMILES string of the molecule is C[C@@H]1CN(C(=O)c2ccc(C(F)(F)F)cc2C#N)C[C@H]1C(N)=O. The van der Waals surface area contributed by atoms with Gasteiger partial charge in [-0.2, -0.15) is 18.4 Å². The fraction of sp³-hybridized carbons (Fsp3) is 0.400. The molecule has 5 nitrogen and oxygen atoms in total. The minimum absolute atomic E-state index is 0.0984. The van der Waals surface area contributed by atoms with E-state index >= 15 is 0 Å². The van der Waals surface area contributed by atoms with Gasteiger partial charge in [0.2, 0.25) is 5.91 Å². The van der Waals surface area contributed by atoms with Crippen molar-refractivity contribution in [1.82, 2.24) is 4.90 Å². The lowest BCUT2D eigenvalue weighted by molar-refractivity contribution is -0.137. The van der Waals surface area contributed by atoms with Crippen molar-refractivity contribution in [3.05, 3.63) is 34.9 Å². The Morgan fingerprint density at radius 2 is 2.00 bits per heavy atom. The minimum Gasteiger partial charge on any atom is -0.369 e. The maximum absolute atomic E-state index is 12.7. The molecule has 0 aromatic heterocycles. The molecule has 2 amide bonds. The molecule has 0 radical (unpaired) electrons. The summed E-state index contributed by atoms with van der Waals surface area (Å²) in [5, 5.41) is 9.03. The second-order valence-electron chi connectivity index (χ2n) is 5.57. The number of nitrogens with zero attached hydrogens (tertiary/aromatic N) is 2. The van der Waals surface area contributed by atoms with Crippen molar-refractivity contribution in [3.8, 4) is 6.07 Å². The van der Waals surface area contributed by atoms with Gasteiger partial charge < -0.3 is 10.6 Å². The number of likely N-dealkylation sites (tertiary alicyclic amines) is 1. The molecule has 1 aliphatic heterocycles. The van der Waals surface area contributed by atoms with Crippen LogP contribution in [-0.2, 0) is 11.0 Å². The van der Waals surface area contributed by atoms with Gasteiger partial charge in [-0.1, -0.05) is 6.92 Å². The Kier molecular flexibility index (Phi) is 4.32. The first-order valence-corrected chi connectivity index (χ1v) is 6.85. The predicted octanol–water partition coefficient (Wildman–Crippen LogP) is 1.77. The van der Waals surface area contributed by atoms with E-state index in [-0.39, 0.29) is 30.1 Å². The van der Waals surface area contributed by atoms with E-state index in [0.29, 0.717) is 6.07 Å². The Balaban J connectivity index is 2.31. The van der Waals surface area contributed by atoms with Crippen molar-refractivity contribution in [2.75, 3.05) is 13.1 Å². The van der Waals surface area contributed by atoms with E-state index in [1.165, 1.54) is 4.90 Å². The summed E-state index contributed by atoms with van der Waals surface area (Å²) < 4.78 is 38.0. The molecule has 1 aromatic carbocycles. The van der Waals surface area contributed by atoms with Gasteiger partial charge in [0.25, 0.3) is 5.91 Å². The number of halogens is 3. The van der Waals surface area contributed by atoms with Gasteiger partial charge >= 0.3 is 6.18 Å². The van der Waals surface area contributed by atoms with Crippen LogP contribution in [0.2, 0.25) is 0 Å². The third kappa shape index (κ3) is 3.28. The predicted molar refractivity (Wildman–Crippen MR) is 73.9 cm³/mol. The molecule has 1 saturated heterocycles. The van der Waals surface area contributed by atoms with E-state index in [2.05, 4.69) is 0 Å². The van der Waals surface area contributed by atoms with Crippen molar-refractivity contribution in [3.63, 3.8) is 0 Å². The van der Waals surface area contributed by atoms with Gasteiger partial charge in [-0.25, -0.2) is 0 Å². The first kappa shape index (κ1) is 16.8. The molecule has 1 heterocycles. The van der Waals surface area contributed by atoms with Gasteiger partial charge in [-0.15, -0.1) is 0 Å². The standard InChI is InChI=1S/C15H14F3N3O2/c1-8-6-21(7-12(8)13(20)22)14(23)11-3-2-10(15(16,17)18)4-9(11)5-19/h2-4,8,12H,6-7H2,1H3,(H2,20,22)/t8-,12-/m1/s1. The molecule has 0 saturated carbocycles. The third-order valence-corrected chi connectivity index (χ3v) is 3.96. The monoisotopic (exact) mass is 325 g/mol. The zero-order valence-corrected chi connectivity index (χ0v) is 12.2. The quantitative estimate of drug-likeness (QED) is 0.899. The lowest BCUT2D eigenvalue weighted by Crippen LogP contribution is -2.32. The summed E-state index contributed by atoms with van der Waals surface area (Å²) in [6.07, 6.45) is -4.59. The number of primary amides is 1. The Labute approximate surface area is 130 Å². The number of benzene rings is 1. The lowest BCUT2D eigenvalue weighted by atomic mass is 9.98. The number of amides is 2. The molecule has 0 aliphatic carbocycles. The molecule has 1 aliphatic rings. The first-order chi connectivity index (χ1) is 10.6. The highest BCUT2D eigenvalue weighted by molar-refractivity contribution is 5.97. The van der Waals surface area contributed by atoms with Crippen LogP contribution in [0.5, 0.6) is 0 Å². The van der Waals surface area contributed by atoms with Gasteiger partial charge in [0.15, 0.2) is 0 Å². The summed E-state index contributed by atoms with van der Waals surface area (Å²) in [7, 11) is 0. The molecule has 0 spiro atoms. The fourth-order valence-electron chi connectivity index (χ4n) is 2.67. The highest BCUT2D eigenvalue weighted by Crippen LogP contribution is 2.31. The normalized spacial score (nSPS) is 21.1. The number of nitrogens with two attached hydrogens (primary N) is 1. The molecular weight excluding hydrogens is 311 g/mol. The number of nitriles is 1. The maximum Gasteiger partial charge on any atom is 0.416 e. The van der Waals surface area contributed by atoms with Crippen LogP contribution < -0.4 is 5.73 Å². The maximum atomic E-state index is 12.7. The minimum atomic E-state index is -4.59. The fourth-order valence-corrected chi connectivity index (χ4v) is 2.67. The van der Waals surface area contributed by atoms with Crippen LogP contribution >= 0.6 is 0 Å². The first-order valence-electron chi connectivity index (χ1n) is 6.85.